The average Bonchev–Trinajstić information content (AvgIpc) is 2.72. The van der Waals surface area contributed by atoms with E-state index in [1.807, 2.05) is 23.6 Å². The van der Waals surface area contributed by atoms with Crippen molar-refractivity contribution in [3.05, 3.63) is 46.7 Å². The third-order valence-corrected chi connectivity index (χ3v) is 2.53. The largest absolute Gasteiger partial charge is 0.386 e. The molecule has 0 amide bonds. The molecule has 0 aliphatic carbocycles. The van der Waals surface area contributed by atoms with Gasteiger partial charge in [-0.15, -0.1) is 11.3 Å². The van der Waals surface area contributed by atoms with Gasteiger partial charge in [0.25, 0.3) is 0 Å². The number of aliphatic hydroxyl groups excluding tert-OH is 1. The van der Waals surface area contributed by atoms with Crippen LogP contribution in [0.25, 0.3) is 0 Å². The SMILES string of the molecule is OC(Cc1ccccn1)c1cscn1. The maximum Gasteiger partial charge on any atom is 0.102 e. The molecule has 0 spiro atoms. The fourth-order valence-corrected chi connectivity index (χ4v) is 1.81. The van der Waals surface area contributed by atoms with Gasteiger partial charge in [-0.2, -0.15) is 0 Å². The first-order chi connectivity index (χ1) is 6.86. The molecule has 1 atom stereocenters. The quantitative estimate of drug-likeness (QED) is 0.833. The van der Waals surface area contributed by atoms with Crippen molar-refractivity contribution in [2.24, 2.45) is 0 Å². The van der Waals surface area contributed by atoms with Crippen molar-refractivity contribution >= 4 is 11.3 Å². The minimum atomic E-state index is -0.545. The highest BCUT2D eigenvalue weighted by Gasteiger charge is 2.10. The lowest BCUT2D eigenvalue weighted by Crippen LogP contribution is -2.03. The van der Waals surface area contributed by atoms with E-state index in [1.165, 1.54) is 11.3 Å². The summed E-state index contributed by atoms with van der Waals surface area (Å²) in [6, 6.07) is 5.67. The Morgan fingerprint density at radius 3 is 2.93 bits per heavy atom. The number of rotatable bonds is 3. The number of hydrogen-bond donors (Lipinski definition) is 1. The van der Waals surface area contributed by atoms with Gasteiger partial charge in [-0.3, -0.25) is 4.98 Å². The first-order valence-electron chi connectivity index (χ1n) is 4.32. The number of nitrogens with zero attached hydrogens (tertiary/aromatic N) is 2. The molecule has 0 aliphatic heterocycles. The van der Waals surface area contributed by atoms with Gasteiger partial charge in [0.1, 0.15) is 6.10 Å². The molecule has 0 aliphatic rings. The van der Waals surface area contributed by atoms with E-state index < -0.39 is 6.10 Å². The standard InChI is InChI=1S/C10H10N2OS/c13-10(9-6-14-7-12-9)5-8-3-1-2-4-11-8/h1-4,6-7,10,13H,5H2. The minimum Gasteiger partial charge on any atom is -0.386 e. The molecule has 72 valence electrons. The van der Waals surface area contributed by atoms with E-state index >= 15 is 0 Å². The van der Waals surface area contributed by atoms with Crippen molar-refractivity contribution in [1.29, 1.82) is 0 Å². The minimum absolute atomic E-state index is 0.518. The molecule has 3 nitrogen and oxygen atoms in total. The van der Waals surface area contributed by atoms with Gasteiger partial charge in [0, 0.05) is 23.7 Å². The molecule has 4 heteroatoms. The summed E-state index contributed by atoms with van der Waals surface area (Å²) in [4.78, 5) is 8.20. The zero-order valence-electron chi connectivity index (χ0n) is 7.50. The van der Waals surface area contributed by atoms with E-state index in [-0.39, 0.29) is 0 Å². The number of pyridine rings is 1. The van der Waals surface area contributed by atoms with Crippen molar-refractivity contribution in [2.75, 3.05) is 0 Å². The molecule has 0 fully saturated rings. The van der Waals surface area contributed by atoms with Gasteiger partial charge < -0.3 is 5.11 Å². The summed E-state index contributed by atoms with van der Waals surface area (Å²) in [6.45, 7) is 0. The van der Waals surface area contributed by atoms with Crippen molar-refractivity contribution in [3.8, 4) is 0 Å². The molecule has 2 aromatic rings. The highest BCUT2D eigenvalue weighted by Crippen LogP contribution is 2.16. The van der Waals surface area contributed by atoms with Crippen LogP contribution in [0.4, 0.5) is 0 Å². The molecule has 0 bridgehead atoms. The van der Waals surface area contributed by atoms with Crippen LogP contribution in [0.5, 0.6) is 0 Å². The van der Waals surface area contributed by atoms with Gasteiger partial charge in [-0.25, -0.2) is 4.98 Å². The van der Waals surface area contributed by atoms with E-state index in [1.54, 1.807) is 11.7 Å². The molecule has 1 unspecified atom stereocenters. The summed E-state index contributed by atoms with van der Waals surface area (Å²) >= 11 is 1.49. The molecular weight excluding hydrogens is 196 g/mol. The lowest BCUT2D eigenvalue weighted by molar-refractivity contribution is 0.173. The van der Waals surface area contributed by atoms with Gasteiger partial charge in [-0.1, -0.05) is 6.07 Å². The van der Waals surface area contributed by atoms with Crippen LogP contribution in [0, 0.1) is 0 Å². The first kappa shape index (κ1) is 9.30. The van der Waals surface area contributed by atoms with Crippen LogP contribution in [0.3, 0.4) is 0 Å². The van der Waals surface area contributed by atoms with Crippen LogP contribution in [0.2, 0.25) is 0 Å². The smallest absolute Gasteiger partial charge is 0.102 e. The summed E-state index contributed by atoms with van der Waals surface area (Å²) in [5, 5.41) is 11.6. The lowest BCUT2D eigenvalue weighted by Gasteiger charge is -2.06. The van der Waals surface area contributed by atoms with Crippen LogP contribution in [-0.2, 0) is 6.42 Å². The molecule has 2 aromatic heterocycles. The maximum absolute atomic E-state index is 9.77. The predicted octanol–water partition coefficient (Wildman–Crippen LogP) is 1.81. The van der Waals surface area contributed by atoms with Crippen molar-refractivity contribution in [2.45, 2.75) is 12.5 Å². The Hall–Kier alpha value is -1.26. The monoisotopic (exact) mass is 206 g/mol. The van der Waals surface area contributed by atoms with Crippen LogP contribution in [-0.4, -0.2) is 15.1 Å². The summed E-state index contributed by atoms with van der Waals surface area (Å²) < 4.78 is 0. The molecule has 0 radical (unpaired) electrons. The fourth-order valence-electron chi connectivity index (χ4n) is 1.21. The summed E-state index contributed by atoms with van der Waals surface area (Å²) in [6.07, 6.45) is 1.70. The number of thiazole rings is 1. The number of aromatic nitrogens is 2. The molecule has 14 heavy (non-hydrogen) atoms. The van der Waals surface area contributed by atoms with Crippen LogP contribution < -0.4 is 0 Å². The van der Waals surface area contributed by atoms with Gasteiger partial charge in [0.2, 0.25) is 0 Å². The van der Waals surface area contributed by atoms with Gasteiger partial charge >= 0.3 is 0 Å². The van der Waals surface area contributed by atoms with Crippen LogP contribution in [0.15, 0.2) is 35.3 Å². The molecule has 2 heterocycles. The van der Waals surface area contributed by atoms with Crippen molar-refractivity contribution < 1.29 is 5.11 Å². The normalized spacial score (nSPS) is 12.6. The Balaban J connectivity index is 2.06. The molecule has 2 rings (SSSR count). The maximum atomic E-state index is 9.77. The van der Waals surface area contributed by atoms with Crippen LogP contribution in [0.1, 0.15) is 17.5 Å². The zero-order valence-corrected chi connectivity index (χ0v) is 8.31. The number of aliphatic hydroxyl groups is 1. The Bertz CT molecular complexity index is 374. The zero-order chi connectivity index (χ0) is 9.80. The van der Waals surface area contributed by atoms with E-state index in [0.717, 1.165) is 11.4 Å². The predicted molar refractivity (Wildman–Crippen MR) is 55.0 cm³/mol. The summed E-state index contributed by atoms with van der Waals surface area (Å²) in [5.74, 6) is 0. The first-order valence-corrected chi connectivity index (χ1v) is 5.26. The molecule has 0 aromatic carbocycles. The number of hydrogen-bond acceptors (Lipinski definition) is 4. The molecule has 0 saturated carbocycles. The highest BCUT2D eigenvalue weighted by molar-refractivity contribution is 7.07. The third-order valence-electron chi connectivity index (χ3n) is 1.92. The lowest BCUT2D eigenvalue weighted by atomic mass is 10.1. The van der Waals surface area contributed by atoms with Crippen molar-refractivity contribution in [1.82, 2.24) is 9.97 Å². The highest BCUT2D eigenvalue weighted by atomic mass is 32.1. The second-order valence-electron chi connectivity index (χ2n) is 2.95. The summed E-state index contributed by atoms with van der Waals surface area (Å²) in [5.41, 5.74) is 3.32. The van der Waals surface area contributed by atoms with Crippen LogP contribution >= 0.6 is 11.3 Å². The molecule has 0 saturated heterocycles. The molecule has 1 N–H and O–H groups in total. The fraction of sp³-hybridized carbons (Fsp3) is 0.200. The topological polar surface area (TPSA) is 46.0 Å². The Labute approximate surface area is 86.1 Å². The van der Waals surface area contributed by atoms with Gasteiger partial charge in [0.05, 0.1) is 11.2 Å². The van der Waals surface area contributed by atoms with E-state index in [2.05, 4.69) is 9.97 Å². The Morgan fingerprint density at radius 1 is 1.36 bits per heavy atom. The van der Waals surface area contributed by atoms with Crippen molar-refractivity contribution in [3.63, 3.8) is 0 Å². The molecular formula is C10H10N2OS. The third kappa shape index (κ3) is 2.16. The van der Waals surface area contributed by atoms with E-state index in [0.29, 0.717) is 6.42 Å². The van der Waals surface area contributed by atoms with E-state index in [9.17, 15) is 5.11 Å². The Morgan fingerprint density at radius 2 is 2.29 bits per heavy atom. The van der Waals surface area contributed by atoms with E-state index in [4.69, 9.17) is 0 Å². The summed E-state index contributed by atoms with van der Waals surface area (Å²) in [7, 11) is 0. The second-order valence-corrected chi connectivity index (χ2v) is 3.67. The Kier molecular flexibility index (Phi) is 2.86. The second kappa shape index (κ2) is 4.30. The van der Waals surface area contributed by atoms with Gasteiger partial charge in [-0.05, 0) is 12.1 Å². The van der Waals surface area contributed by atoms with Gasteiger partial charge in [0.15, 0.2) is 0 Å². The average molecular weight is 206 g/mol.